The zero-order valence-electron chi connectivity index (χ0n) is 7.29. The second kappa shape index (κ2) is 3.65. The van der Waals surface area contributed by atoms with Gasteiger partial charge in [0.1, 0.15) is 5.82 Å². The maximum Gasteiger partial charge on any atom is 0.102 e. The minimum Gasteiger partial charge on any atom is -0.363 e. The van der Waals surface area contributed by atoms with E-state index in [-0.39, 0.29) is 0 Å². The number of hydrogen-bond acceptors (Lipinski definition) is 2. The molecule has 0 aliphatic carbocycles. The van der Waals surface area contributed by atoms with Gasteiger partial charge in [0, 0.05) is 13.1 Å². The smallest absolute Gasteiger partial charge is 0.102 e. The van der Waals surface area contributed by atoms with Crippen LogP contribution < -0.4 is 5.32 Å². The summed E-state index contributed by atoms with van der Waals surface area (Å²) in [6.07, 6.45) is 10.3. The summed E-state index contributed by atoms with van der Waals surface area (Å²) in [7, 11) is 0. The second-order valence-electron chi connectivity index (χ2n) is 3.30. The van der Waals surface area contributed by atoms with E-state index in [1.807, 2.05) is 12.6 Å². The molecule has 0 spiro atoms. The van der Waals surface area contributed by atoms with E-state index in [2.05, 4.69) is 22.4 Å². The highest BCUT2D eigenvalue weighted by atomic mass is 15.2. The summed E-state index contributed by atoms with van der Waals surface area (Å²) in [4.78, 5) is 2.42. The molecule has 0 aromatic heterocycles. The Bertz CT molecular complexity index is 200. The molecule has 0 saturated carbocycles. The van der Waals surface area contributed by atoms with Gasteiger partial charge in [0.15, 0.2) is 0 Å². The molecule has 12 heavy (non-hydrogen) atoms. The summed E-state index contributed by atoms with van der Waals surface area (Å²) in [6.45, 7) is 4.41. The molecule has 2 heteroatoms. The van der Waals surface area contributed by atoms with Crippen molar-refractivity contribution in [1.82, 2.24) is 10.2 Å². The van der Waals surface area contributed by atoms with E-state index in [9.17, 15) is 0 Å². The highest BCUT2D eigenvalue weighted by Gasteiger charge is 2.12. The van der Waals surface area contributed by atoms with Crippen molar-refractivity contribution >= 4 is 0 Å². The van der Waals surface area contributed by atoms with E-state index in [0.717, 1.165) is 0 Å². The number of dihydropyridines is 1. The third kappa shape index (κ3) is 1.63. The first-order valence-corrected chi connectivity index (χ1v) is 4.68. The van der Waals surface area contributed by atoms with Gasteiger partial charge in [0.25, 0.3) is 0 Å². The SMILES string of the molecule is [CH]1C=CC=C(N2CCCCC2)N1. The molecule has 2 aliphatic heterocycles. The average molecular weight is 163 g/mol. The third-order valence-electron chi connectivity index (χ3n) is 2.39. The van der Waals surface area contributed by atoms with Crippen LogP contribution >= 0.6 is 0 Å². The molecule has 0 amide bonds. The number of rotatable bonds is 1. The maximum absolute atomic E-state index is 3.26. The first kappa shape index (κ1) is 7.71. The van der Waals surface area contributed by atoms with E-state index >= 15 is 0 Å². The molecule has 0 aromatic carbocycles. The summed E-state index contributed by atoms with van der Waals surface area (Å²) in [5, 5.41) is 3.26. The fourth-order valence-electron chi connectivity index (χ4n) is 1.72. The lowest BCUT2D eigenvalue weighted by molar-refractivity contribution is 0.272. The highest BCUT2D eigenvalue weighted by molar-refractivity contribution is 5.20. The van der Waals surface area contributed by atoms with Crippen molar-refractivity contribution in [2.24, 2.45) is 0 Å². The summed E-state index contributed by atoms with van der Waals surface area (Å²) in [6, 6.07) is 0. The van der Waals surface area contributed by atoms with Crippen LogP contribution in [0.4, 0.5) is 0 Å². The summed E-state index contributed by atoms with van der Waals surface area (Å²) in [5.74, 6) is 1.26. The fourth-order valence-corrected chi connectivity index (χ4v) is 1.72. The fraction of sp³-hybridized carbons (Fsp3) is 0.500. The van der Waals surface area contributed by atoms with Crippen LogP contribution in [0.2, 0.25) is 0 Å². The Kier molecular flexibility index (Phi) is 2.35. The molecule has 0 bridgehead atoms. The quantitative estimate of drug-likeness (QED) is 0.632. The summed E-state index contributed by atoms with van der Waals surface area (Å²) >= 11 is 0. The Labute approximate surface area is 73.9 Å². The van der Waals surface area contributed by atoms with Gasteiger partial charge in [-0.1, -0.05) is 12.2 Å². The first-order valence-electron chi connectivity index (χ1n) is 4.68. The van der Waals surface area contributed by atoms with Crippen LogP contribution in [-0.2, 0) is 0 Å². The Hall–Kier alpha value is -0.920. The van der Waals surface area contributed by atoms with Crippen LogP contribution in [0.1, 0.15) is 19.3 Å². The first-order chi connectivity index (χ1) is 5.97. The lowest BCUT2D eigenvalue weighted by atomic mass is 10.1. The molecule has 0 unspecified atom stereocenters. The molecule has 1 saturated heterocycles. The van der Waals surface area contributed by atoms with Gasteiger partial charge in [-0.2, -0.15) is 0 Å². The molecule has 2 aliphatic rings. The van der Waals surface area contributed by atoms with Gasteiger partial charge in [0.2, 0.25) is 0 Å². The lowest BCUT2D eigenvalue weighted by Crippen LogP contribution is -2.35. The number of likely N-dealkylation sites (tertiary alicyclic amines) is 1. The minimum absolute atomic E-state index is 1.21. The second-order valence-corrected chi connectivity index (χ2v) is 3.30. The van der Waals surface area contributed by atoms with E-state index in [1.54, 1.807) is 0 Å². The monoisotopic (exact) mass is 163 g/mol. The van der Waals surface area contributed by atoms with Crippen molar-refractivity contribution in [1.29, 1.82) is 0 Å². The van der Waals surface area contributed by atoms with E-state index < -0.39 is 0 Å². The van der Waals surface area contributed by atoms with Gasteiger partial charge in [0.05, 0.1) is 6.54 Å². The Morgan fingerprint density at radius 2 is 1.92 bits per heavy atom. The topological polar surface area (TPSA) is 15.3 Å². The van der Waals surface area contributed by atoms with Crippen LogP contribution in [0.3, 0.4) is 0 Å². The summed E-state index contributed by atoms with van der Waals surface area (Å²) in [5.41, 5.74) is 0. The van der Waals surface area contributed by atoms with Crippen LogP contribution in [0.15, 0.2) is 24.0 Å². The molecule has 2 nitrogen and oxygen atoms in total. The van der Waals surface area contributed by atoms with Crippen molar-refractivity contribution in [3.63, 3.8) is 0 Å². The Balaban J connectivity index is 1.97. The number of hydrogen-bond donors (Lipinski definition) is 1. The van der Waals surface area contributed by atoms with Gasteiger partial charge < -0.3 is 10.2 Å². The van der Waals surface area contributed by atoms with Crippen molar-refractivity contribution in [2.45, 2.75) is 19.3 Å². The average Bonchev–Trinajstić information content (AvgIpc) is 2.21. The Morgan fingerprint density at radius 3 is 2.58 bits per heavy atom. The molecule has 2 heterocycles. The molecule has 0 atom stereocenters. The van der Waals surface area contributed by atoms with Crippen LogP contribution in [0.5, 0.6) is 0 Å². The number of nitrogens with zero attached hydrogens (tertiary/aromatic N) is 1. The van der Waals surface area contributed by atoms with Gasteiger partial charge in [-0.15, -0.1) is 0 Å². The van der Waals surface area contributed by atoms with Crippen molar-refractivity contribution in [2.75, 3.05) is 13.1 Å². The minimum atomic E-state index is 1.21. The largest absolute Gasteiger partial charge is 0.363 e. The van der Waals surface area contributed by atoms with Crippen LogP contribution in [0, 0.1) is 6.54 Å². The number of nitrogens with one attached hydrogen (secondary N) is 1. The summed E-state index contributed by atoms with van der Waals surface area (Å²) < 4.78 is 0. The van der Waals surface area contributed by atoms with Gasteiger partial charge in [-0.25, -0.2) is 0 Å². The van der Waals surface area contributed by atoms with Gasteiger partial charge in [-0.05, 0) is 25.3 Å². The molecular weight excluding hydrogens is 148 g/mol. The van der Waals surface area contributed by atoms with Crippen LogP contribution in [0.25, 0.3) is 0 Å². The predicted molar refractivity (Wildman–Crippen MR) is 50.1 cm³/mol. The van der Waals surface area contributed by atoms with Crippen molar-refractivity contribution < 1.29 is 0 Å². The molecule has 1 radical (unpaired) electrons. The zero-order chi connectivity index (χ0) is 8.23. The maximum atomic E-state index is 3.26. The predicted octanol–water partition coefficient (Wildman–Crippen LogP) is 1.63. The lowest BCUT2D eigenvalue weighted by Gasteiger charge is -2.31. The standard InChI is InChI=1S/C10H15N2/c1-4-8-12(9-5-1)10-6-2-3-7-11-10/h2-3,6-7,11H,1,4-5,8-9H2. The molecule has 0 aromatic rings. The third-order valence-corrected chi connectivity index (χ3v) is 2.39. The van der Waals surface area contributed by atoms with Gasteiger partial charge in [-0.3, -0.25) is 0 Å². The number of allylic oxidation sites excluding steroid dienone is 2. The van der Waals surface area contributed by atoms with E-state index in [4.69, 9.17) is 0 Å². The molecule has 1 fully saturated rings. The normalized spacial score (nSPS) is 23.3. The zero-order valence-corrected chi connectivity index (χ0v) is 7.29. The molecule has 2 rings (SSSR count). The molecule has 1 N–H and O–H groups in total. The highest BCUT2D eigenvalue weighted by Crippen LogP contribution is 2.14. The molecule has 65 valence electrons. The van der Waals surface area contributed by atoms with E-state index in [0.29, 0.717) is 0 Å². The van der Waals surface area contributed by atoms with Gasteiger partial charge >= 0.3 is 0 Å². The number of piperidine rings is 1. The Morgan fingerprint density at radius 1 is 1.08 bits per heavy atom. The van der Waals surface area contributed by atoms with Crippen LogP contribution in [-0.4, -0.2) is 18.0 Å². The molecular formula is C10H15N2. The van der Waals surface area contributed by atoms with Crippen molar-refractivity contribution in [3.05, 3.63) is 30.6 Å². The van der Waals surface area contributed by atoms with Crippen molar-refractivity contribution in [3.8, 4) is 0 Å². The van der Waals surface area contributed by atoms with E-state index in [1.165, 1.54) is 38.2 Å².